The van der Waals surface area contributed by atoms with Gasteiger partial charge < -0.3 is 31.7 Å². The largest absolute Gasteiger partial charge is 0.444 e. The number of aromatic nitrogens is 1. The van der Waals surface area contributed by atoms with Crippen molar-refractivity contribution in [1.29, 1.82) is 0 Å². The van der Waals surface area contributed by atoms with Crippen molar-refractivity contribution in [2.45, 2.75) is 26.4 Å². The van der Waals surface area contributed by atoms with E-state index in [-0.39, 0.29) is 18.0 Å². The third-order valence-corrected chi connectivity index (χ3v) is 4.52. The van der Waals surface area contributed by atoms with Crippen LogP contribution in [0.5, 0.6) is 0 Å². The zero-order valence-electron chi connectivity index (χ0n) is 17.5. The van der Waals surface area contributed by atoms with Crippen LogP contribution in [0.2, 0.25) is 0 Å². The Morgan fingerprint density at radius 1 is 1.07 bits per heavy atom. The van der Waals surface area contributed by atoms with Gasteiger partial charge >= 0.3 is 6.09 Å². The van der Waals surface area contributed by atoms with E-state index < -0.39 is 5.60 Å². The first-order valence-corrected chi connectivity index (χ1v) is 9.67. The summed E-state index contributed by atoms with van der Waals surface area (Å²) in [6, 6.07) is 5.77. The van der Waals surface area contributed by atoms with Crippen molar-refractivity contribution in [2.75, 3.05) is 31.1 Å². The van der Waals surface area contributed by atoms with Crippen molar-refractivity contribution in [3.63, 3.8) is 0 Å². The second kappa shape index (κ2) is 8.44. The number of amides is 1. The van der Waals surface area contributed by atoms with Gasteiger partial charge in [-0.15, -0.1) is 0 Å². The number of anilines is 1. The van der Waals surface area contributed by atoms with Crippen LogP contribution in [0, 0.1) is 0 Å². The summed E-state index contributed by atoms with van der Waals surface area (Å²) >= 11 is 0. The third-order valence-electron chi connectivity index (χ3n) is 4.52. The van der Waals surface area contributed by atoms with Crippen molar-refractivity contribution in [2.24, 2.45) is 27.2 Å². The van der Waals surface area contributed by atoms with Gasteiger partial charge in [-0.05, 0) is 39.0 Å². The Bertz CT molecular complexity index is 984. The number of pyridine rings is 1. The highest BCUT2D eigenvalue weighted by atomic mass is 16.6. The lowest BCUT2D eigenvalue weighted by Gasteiger charge is -2.37. The quantitative estimate of drug-likeness (QED) is 0.500. The Morgan fingerprint density at radius 2 is 1.77 bits per heavy atom. The molecular weight excluding hydrogens is 384 g/mol. The molecule has 3 rings (SSSR count). The van der Waals surface area contributed by atoms with Crippen molar-refractivity contribution in [3.05, 3.63) is 30.6 Å². The van der Waals surface area contributed by atoms with E-state index in [1.54, 1.807) is 17.3 Å². The molecule has 1 amide bonds. The van der Waals surface area contributed by atoms with Crippen LogP contribution in [0.1, 0.15) is 20.8 Å². The first kappa shape index (κ1) is 21.2. The zero-order valence-corrected chi connectivity index (χ0v) is 17.5. The third kappa shape index (κ3) is 5.07. The van der Waals surface area contributed by atoms with E-state index in [1.807, 2.05) is 39.0 Å². The van der Waals surface area contributed by atoms with Crippen molar-refractivity contribution in [3.8, 4) is 0 Å². The molecule has 2 heterocycles. The molecule has 30 heavy (non-hydrogen) atoms. The molecule has 0 atom stereocenters. The normalized spacial score (nSPS) is 15.2. The molecule has 0 bridgehead atoms. The van der Waals surface area contributed by atoms with Gasteiger partial charge in [0.2, 0.25) is 5.96 Å². The van der Waals surface area contributed by atoms with Gasteiger partial charge in [0.15, 0.2) is 5.96 Å². The van der Waals surface area contributed by atoms with Crippen LogP contribution in [0.25, 0.3) is 10.8 Å². The number of aliphatic imine (C=N–C) groups is 2. The van der Waals surface area contributed by atoms with E-state index in [0.717, 1.165) is 16.5 Å². The molecule has 160 valence electrons. The summed E-state index contributed by atoms with van der Waals surface area (Å²) in [6.45, 7) is 8.14. The van der Waals surface area contributed by atoms with Gasteiger partial charge in [0.05, 0.1) is 5.69 Å². The minimum Gasteiger partial charge on any atom is -0.444 e. The fourth-order valence-electron chi connectivity index (χ4n) is 3.27. The Balaban J connectivity index is 1.82. The standard InChI is InChI=1S/C20H28N8O2/c1-20(2,3)30-19(29)28-10-8-27(9-11-28)16-5-4-15(25-18(23)26-17(21)22)14-12-24-7-6-13(14)16/h4-7,12H,8-11H2,1-3H3,(H6,21,22,23,25,26). The number of carbonyl (C=O) groups is 1. The molecule has 10 nitrogen and oxygen atoms in total. The molecule has 1 fully saturated rings. The van der Waals surface area contributed by atoms with Crippen LogP contribution in [0.15, 0.2) is 40.6 Å². The fraction of sp³-hybridized carbons (Fsp3) is 0.400. The summed E-state index contributed by atoms with van der Waals surface area (Å²) in [6.07, 6.45) is 3.18. The molecule has 1 aliphatic rings. The number of benzene rings is 1. The van der Waals surface area contributed by atoms with Crippen LogP contribution >= 0.6 is 0 Å². The minimum absolute atomic E-state index is 0.0288. The van der Waals surface area contributed by atoms with E-state index in [2.05, 4.69) is 19.9 Å². The van der Waals surface area contributed by atoms with E-state index in [9.17, 15) is 4.79 Å². The highest BCUT2D eigenvalue weighted by Crippen LogP contribution is 2.34. The first-order valence-electron chi connectivity index (χ1n) is 9.67. The number of hydrogen-bond donors (Lipinski definition) is 3. The topological polar surface area (TPSA) is 148 Å². The molecule has 0 aliphatic carbocycles. The van der Waals surface area contributed by atoms with Crippen molar-refractivity contribution < 1.29 is 9.53 Å². The molecule has 0 spiro atoms. The molecule has 1 aromatic carbocycles. The maximum Gasteiger partial charge on any atom is 0.410 e. The number of rotatable bonds is 2. The lowest BCUT2D eigenvalue weighted by molar-refractivity contribution is 0.0240. The molecule has 0 saturated carbocycles. The molecule has 1 aromatic heterocycles. The fourth-order valence-corrected chi connectivity index (χ4v) is 3.27. The number of nitrogens with two attached hydrogens (primary N) is 3. The average Bonchev–Trinajstić information content (AvgIpc) is 2.66. The van der Waals surface area contributed by atoms with E-state index in [0.29, 0.717) is 31.9 Å². The van der Waals surface area contributed by atoms with Crippen LogP contribution in [0.3, 0.4) is 0 Å². The predicted molar refractivity (Wildman–Crippen MR) is 119 cm³/mol. The minimum atomic E-state index is -0.506. The van der Waals surface area contributed by atoms with Gasteiger partial charge in [0, 0.05) is 55.0 Å². The summed E-state index contributed by atoms with van der Waals surface area (Å²) in [7, 11) is 0. The van der Waals surface area contributed by atoms with Gasteiger partial charge in [-0.25, -0.2) is 9.79 Å². The number of ether oxygens (including phenoxy) is 1. The Kier molecular flexibility index (Phi) is 5.95. The molecule has 6 N–H and O–H groups in total. The van der Waals surface area contributed by atoms with E-state index >= 15 is 0 Å². The monoisotopic (exact) mass is 412 g/mol. The van der Waals surface area contributed by atoms with Gasteiger partial charge in [0.1, 0.15) is 5.60 Å². The zero-order chi connectivity index (χ0) is 21.9. The summed E-state index contributed by atoms with van der Waals surface area (Å²) in [4.78, 5) is 28.6. The lowest BCUT2D eigenvalue weighted by atomic mass is 10.1. The van der Waals surface area contributed by atoms with Gasteiger partial charge in [-0.3, -0.25) is 4.98 Å². The van der Waals surface area contributed by atoms with Crippen LogP contribution in [-0.4, -0.2) is 59.7 Å². The SMILES string of the molecule is CC(C)(C)OC(=O)N1CCN(c2ccc(N=C(N)N=C(N)N)c3cnccc23)CC1. The predicted octanol–water partition coefficient (Wildman–Crippen LogP) is 1.51. The second-order valence-corrected chi connectivity index (χ2v) is 7.99. The van der Waals surface area contributed by atoms with Crippen LogP contribution in [0.4, 0.5) is 16.2 Å². The number of carbonyl (C=O) groups excluding carboxylic acids is 1. The van der Waals surface area contributed by atoms with Crippen molar-refractivity contribution in [1.82, 2.24) is 9.88 Å². The van der Waals surface area contributed by atoms with Crippen LogP contribution < -0.4 is 22.1 Å². The molecular formula is C20H28N8O2. The Hall–Kier alpha value is -3.56. The number of fused-ring (bicyclic) bond motifs is 1. The molecule has 0 radical (unpaired) electrons. The van der Waals surface area contributed by atoms with Crippen LogP contribution in [-0.2, 0) is 4.74 Å². The highest BCUT2D eigenvalue weighted by molar-refractivity contribution is 6.03. The maximum atomic E-state index is 12.3. The Morgan fingerprint density at radius 3 is 2.40 bits per heavy atom. The summed E-state index contributed by atoms with van der Waals surface area (Å²) < 4.78 is 5.47. The highest BCUT2D eigenvalue weighted by Gasteiger charge is 2.26. The maximum absolute atomic E-state index is 12.3. The Labute approximate surface area is 175 Å². The van der Waals surface area contributed by atoms with E-state index in [4.69, 9.17) is 21.9 Å². The average molecular weight is 412 g/mol. The van der Waals surface area contributed by atoms with Gasteiger partial charge in [-0.2, -0.15) is 4.99 Å². The van der Waals surface area contributed by atoms with Crippen molar-refractivity contribution >= 4 is 40.2 Å². The first-order chi connectivity index (χ1) is 14.1. The molecule has 1 saturated heterocycles. The number of hydrogen-bond acceptors (Lipinski definition) is 5. The summed E-state index contributed by atoms with van der Waals surface area (Å²) in [5, 5.41) is 1.81. The molecule has 10 heteroatoms. The molecule has 2 aromatic rings. The smallest absolute Gasteiger partial charge is 0.410 e. The number of piperazine rings is 1. The summed E-state index contributed by atoms with van der Waals surface area (Å²) in [5.41, 5.74) is 17.7. The lowest BCUT2D eigenvalue weighted by Crippen LogP contribution is -2.50. The number of guanidine groups is 2. The number of nitrogens with zero attached hydrogens (tertiary/aromatic N) is 5. The molecule has 0 unspecified atom stereocenters. The second-order valence-electron chi connectivity index (χ2n) is 7.99. The van der Waals surface area contributed by atoms with Gasteiger partial charge in [0.25, 0.3) is 0 Å². The van der Waals surface area contributed by atoms with Gasteiger partial charge in [-0.1, -0.05) is 0 Å². The van der Waals surface area contributed by atoms with E-state index in [1.165, 1.54) is 0 Å². The summed E-state index contributed by atoms with van der Waals surface area (Å²) in [5.74, 6) is -0.183. The molecule has 1 aliphatic heterocycles.